The summed E-state index contributed by atoms with van der Waals surface area (Å²) in [6.07, 6.45) is 0. The summed E-state index contributed by atoms with van der Waals surface area (Å²) in [5.74, 6) is -0.122. The Morgan fingerprint density at radius 3 is 2.05 bits per heavy atom. The highest BCUT2D eigenvalue weighted by molar-refractivity contribution is 6.26. The van der Waals surface area contributed by atoms with Crippen LogP contribution in [0.1, 0.15) is 33.2 Å². The van der Waals surface area contributed by atoms with Gasteiger partial charge in [0.15, 0.2) is 11.6 Å². The number of hydrogen-bond donors (Lipinski definition) is 1. The summed E-state index contributed by atoms with van der Waals surface area (Å²) in [6.45, 7) is 4.10. The molecule has 0 aromatic heterocycles. The quantitative estimate of drug-likeness (QED) is 0.935. The summed E-state index contributed by atoms with van der Waals surface area (Å²) < 4.78 is 0. The first-order valence-electron chi connectivity index (χ1n) is 7.26. The van der Waals surface area contributed by atoms with Crippen molar-refractivity contribution in [3.63, 3.8) is 0 Å². The number of hydrogen-bond acceptors (Lipinski definition) is 3. The van der Waals surface area contributed by atoms with E-state index in [1.165, 1.54) is 5.56 Å². The van der Waals surface area contributed by atoms with E-state index in [9.17, 15) is 9.59 Å². The van der Waals surface area contributed by atoms with Crippen molar-refractivity contribution in [2.24, 2.45) is 0 Å². The number of nitrogens with one attached hydrogen (secondary N) is 1. The molecule has 1 N–H and O–H groups in total. The number of anilines is 1. The molecule has 0 spiro atoms. The molecule has 3 nitrogen and oxygen atoms in total. The molecule has 3 heteroatoms. The summed E-state index contributed by atoms with van der Waals surface area (Å²) in [6, 6.07) is 14.9. The van der Waals surface area contributed by atoms with Gasteiger partial charge in [-0.25, -0.2) is 0 Å². The van der Waals surface area contributed by atoms with Crippen molar-refractivity contribution in [2.45, 2.75) is 13.8 Å². The zero-order valence-corrected chi connectivity index (χ0v) is 12.6. The molecule has 0 heterocycles. The van der Waals surface area contributed by atoms with E-state index >= 15 is 0 Å². The van der Waals surface area contributed by atoms with Crippen LogP contribution in [-0.2, 0) is 0 Å². The van der Waals surface area contributed by atoms with Crippen LogP contribution in [0.15, 0.2) is 59.7 Å². The van der Waals surface area contributed by atoms with Crippen molar-refractivity contribution in [3.05, 3.63) is 76.4 Å². The summed E-state index contributed by atoms with van der Waals surface area (Å²) >= 11 is 0. The molecule has 22 heavy (non-hydrogen) atoms. The second-order valence-electron chi connectivity index (χ2n) is 5.53. The minimum atomic E-state index is -0.0627. The van der Waals surface area contributed by atoms with Crippen LogP contribution in [0.5, 0.6) is 0 Å². The van der Waals surface area contributed by atoms with Gasteiger partial charge in [0.25, 0.3) is 0 Å². The van der Waals surface area contributed by atoms with Gasteiger partial charge in [0.05, 0.1) is 0 Å². The standard InChI is InChI=1S/C19H17NO2/c1-12-7-9-14(10-8-12)20-11-17-13(2)18(21)15-5-3-4-6-16(15)19(17)22/h3-10,20H,11H2,1-2H3. The predicted octanol–water partition coefficient (Wildman–Crippen LogP) is 3.80. The third-order valence-corrected chi connectivity index (χ3v) is 4.00. The van der Waals surface area contributed by atoms with Crippen molar-refractivity contribution in [1.82, 2.24) is 0 Å². The van der Waals surface area contributed by atoms with Crippen LogP contribution >= 0.6 is 0 Å². The van der Waals surface area contributed by atoms with Crippen molar-refractivity contribution in [3.8, 4) is 0 Å². The molecule has 1 aliphatic carbocycles. The van der Waals surface area contributed by atoms with Gasteiger partial charge in [-0.1, -0.05) is 42.0 Å². The number of benzene rings is 2. The largest absolute Gasteiger partial charge is 0.381 e. The van der Waals surface area contributed by atoms with Gasteiger partial charge in [0, 0.05) is 34.5 Å². The fraction of sp³-hybridized carbons (Fsp3) is 0.158. The normalized spacial score (nSPS) is 14.1. The Hall–Kier alpha value is -2.68. The summed E-state index contributed by atoms with van der Waals surface area (Å²) in [4.78, 5) is 25.0. The lowest BCUT2D eigenvalue weighted by atomic mass is 9.84. The summed E-state index contributed by atoms with van der Waals surface area (Å²) in [5.41, 5.74) is 4.19. The molecule has 0 fully saturated rings. The minimum absolute atomic E-state index is 0.0593. The first kappa shape index (κ1) is 14.3. The Balaban J connectivity index is 1.87. The van der Waals surface area contributed by atoms with Gasteiger partial charge < -0.3 is 5.32 Å². The smallest absolute Gasteiger partial charge is 0.191 e. The molecule has 0 aliphatic heterocycles. The second kappa shape index (κ2) is 5.60. The highest BCUT2D eigenvalue weighted by atomic mass is 16.1. The maximum absolute atomic E-state index is 12.6. The topological polar surface area (TPSA) is 46.2 Å². The molecule has 2 aromatic carbocycles. The highest BCUT2D eigenvalue weighted by Gasteiger charge is 2.29. The molecule has 3 rings (SSSR count). The molecule has 2 aromatic rings. The van der Waals surface area contributed by atoms with E-state index in [1.807, 2.05) is 31.2 Å². The van der Waals surface area contributed by atoms with Crippen LogP contribution in [0.25, 0.3) is 0 Å². The van der Waals surface area contributed by atoms with Gasteiger partial charge in [-0.3, -0.25) is 9.59 Å². The number of fused-ring (bicyclic) bond motifs is 1. The van der Waals surface area contributed by atoms with Gasteiger partial charge in [-0.05, 0) is 26.0 Å². The maximum atomic E-state index is 12.6. The Bertz CT molecular complexity index is 785. The first-order valence-corrected chi connectivity index (χ1v) is 7.26. The van der Waals surface area contributed by atoms with E-state index in [2.05, 4.69) is 5.32 Å². The number of allylic oxidation sites excluding steroid dienone is 1. The monoisotopic (exact) mass is 291 g/mol. The molecule has 1 aliphatic rings. The molecule has 0 unspecified atom stereocenters. The van der Waals surface area contributed by atoms with E-state index in [4.69, 9.17) is 0 Å². The summed E-state index contributed by atoms with van der Waals surface area (Å²) in [7, 11) is 0. The molecular weight excluding hydrogens is 274 g/mol. The Morgan fingerprint density at radius 2 is 1.41 bits per heavy atom. The zero-order chi connectivity index (χ0) is 15.7. The zero-order valence-electron chi connectivity index (χ0n) is 12.6. The predicted molar refractivity (Wildman–Crippen MR) is 87.5 cm³/mol. The van der Waals surface area contributed by atoms with Gasteiger partial charge >= 0.3 is 0 Å². The lowest BCUT2D eigenvalue weighted by molar-refractivity contribution is 0.0974. The summed E-state index contributed by atoms with van der Waals surface area (Å²) in [5, 5.41) is 3.22. The van der Waals surface area contributed by atoms with E-state index in [-0.39, 0.29) is 11.6 Å². The van der Waals surface area contributed by atoms with Gasteiger partial charge in [-0.2, -0.15) is 0 Å². The minimum Gasteiger partial charge on any atom is -0.381 e. The van der Waals surface area contributed by atoms with Gasteiger partial charge in [0.2, 0.25) is 0 Å². The van der Waals surface area contributed by atoms with Crippen molar-refractivity contribution < 1.29 is 9.59 Å². The van der Waals surface area contributed by atoms with Gasteiger partial charge in [-0.15, -0.1) is 0 Å². The first-order chi connectivity index (χ1) is 10.6. The van der Waals surface area contributed by atoms with E-state index in [0.717, 1.165) is 5.69 Å². The average Bonchev–Trinajstić information content (AvgIpc) is 2.54. The third-order valence-electron chi connectivity index (χ3n) is 4.00. The number of rotatable bonds is 3. The number of ketones is 2. The molecule has 0 bridgehead atoms. The molecule has 0 saturated carbocycles. The van der Waals surface area contributed by atoms with Crippen LogP contribution in [0, 0.1) is 6.92 Å². The number of aryl methyl sites for hydroxylation is 1. The Labute approximate surface area is 129 Å². The van der Waals surface area contributed by atoms with Crippen molar-refractivity contribution >= 4 is 17.3 Å². The van der Waals surface area contributed by atoms with E-state index < -0.39 is 0 Å². The molecule has 0 saturated heterocycles. The molecule has 110 valence electrons. The Morgan fingerprint density at radius 1 is 0.818 bits per heavy atom. The molecule has 0 radical (unpaired) electrons. The lowest BCUT2D eigenvalue weighted by Crippen LogP contribution is -2.25. The average molecular weight is 291 g/mol. The second-order valence-corrected chi connectivity index (χ2v) is 5.53. The van der Waals surface area contributed by atoms with E-state index in [0.29, 0.717) is 28.8 Å². The molecular formula is C19H17NO2. The van der Waals surface area contributed by atoms with Crippen LogP contribution in [-0.4, -0.2) is 18.1 Å². The number of carbonyl (C=O) groups is 2. The van der Waals surface area contributed by atoms with Crippen LogP contribution < -0.4 is 5.32 Å². The van der Waals surface area contributed by atoms with Gasteiger partial charge in [0.1, 0.15) is 0 Å². The van der Waals surface area contributed by atoms with Crippen LogP contribution in [0.4, 0.5) is 5.69 Å². The highest BCUT2D eigenvalue weighted by Crippen LogP contribution is 2.26. The molecule has 0 amide bonds. The van der Waals surface area contributed by atoms with Crippen LogP contribution in [0.2, 0.25) is 0 Å². The Kier molecular flexibility index (Phi) is 3.63. The fourth-order valence-corrected chi connectivity index (χ4v) is 2.63. The molecule has 0 atom stereocenters. The van der Waals surface area contributed by atoms with Crippen molar-refractivity contribution in [1.29, 1.82) is 0 Å². The third kappa shape index (κ3) is 2.46. The number of carbonyl (C=O) groups excluding carboxylic acids is 2. The number of Topliss-reactive ketones (excluding diaryl/α,β-unsaturated/α-hetero) is 2. The fourth-order valence-electron chi connectivity index (χ4n) is 2.63. The van der Waals surface area contributed by atoms with Crippen LogP contribution in [0.3, 0.4) is 0 Å². The lowest BCUT2D eigenvalue weighted by Gasteiger charge is -2.19. The maximum Gasteiger partial charge on any atom is 0.191 e. The van der Waals surface area contributed by atoms with E-state index in [1.54, 1.807) is 31.2 Å². The SMILES string of the molecule is CC1=C(CNc2ccc(C)cc2)C(=O)c2ccccc2C1=O. The van der Waals surface area contributed by atoms with Crippen molar-refractivity contribution in [2.75, 3.05) is 11.9 Å².